The highest BCUT2D eigenvalue weighted by molar-refractivity contribution is 5.89. The molecule has 0 amide bonds. The molecule has 0 aromatic carbocycles. The lowest BCUT2D eigenvalue weighted by Gasteiger charge is -2.42. The highest BCUT2D eigenvalue weighted by atomic mass is 16.3. The second-order valence-corrected chi connectivity index (χ2v) is 6.32. The fourth-order valence-corrected chi connectivity index (χ4v) is 1.48. The molecule has 0 saturated carbocycles. The summed E-state index contributed by atoms with van der Waals surface area (Å²) in [5.41, 5.74) is -1.28. The molecule has 2 nitrogen and oxygen atoms in total. The Kier molecular flexibility index (Phi) is 3.55. The molecule has 2 heteroatoms. The smallest absolute Gasteiger partial charge is 0.146 e. The van der Waals surface area contributed by atoms with Gasteiger partial charge in [0.25, 0.3) is 0 Å². The van der Waals surface area contributed by atoms with E-state index in [1.807, 2.05) is 48.5 Å². The van der Waals surface area contributed by atoms with Crippen molar-refractivity contribution in [1.29, 1.82) is 0 Å². The number of aliphatic hydroxyl groups excluding tert-OH is 1. The lowest BCUT2D eigenvalue weighted by molar-refractivity contribution is -0.145. The Morgan fingerprint density at radius 3 is 1.43 bits per heavy atom. The van der Waals surface area contributed by atoms with Gasteiger partial charge in [-0.05, 0) is 12.3 Å². The Labute approximate surface area is 87.7 Å². The minimum absolute atomic E-state index is 0.0907. The van der Waals surface area contributed by atoms with Crippen LogP contribution in [0.2, 0.25) is 0 Å². The van der Waals surface area contributed by atoms with Crippen LogP contribution < -0.4 is 0 Å². The van der Waals surface area contributed by atoms with Crippen LogP contribution >= 0.6 is 0 Å². The number of rotatable bonds is 2. The van der Waals surface area contributed by atoms with Gasteiger partial charge >= 0.3 is 0 Å². The third-order valence-electron chi connectivity index (χ3n) is 3.15. The molecule has 84 valence electrons. The van der Waals surface area contributed by atoms with Gasteiger partial charge in [0.2, 0.25) is 0 Å². The zero-order chi connectivity index (χ0) is 11.8. The lowest BCUT2D eigenvalue weighted by Crippen LogP contribution is -2.48. The zero-order valence-corrected chi connectivity index (χ0v) is 10.6. The Morgan fingerprint density at radius 1 is 1.00 bits per heavy atom. The van der Waals surface area contributed by atoms with Gasteiger partial charge in [0.05, 0.1) is 12.0 Å². The summed E-state index contributed by atoms with van der Waals surface area (Å²) in [6.07, 6.45) is 0. The SMILES string of the molecule is CC(C)(C)C(=O)[C@](C)(CO)C(C)(C)C. The van der Waals surface area contributed by atoms with Crippen LogP contribution in [-0.4, -0.2) is 17.5 Å². The van der Waals surface area contributed by atoms with Gasteiger partial charge in [-0.15, -0.1) is 0 Å². The van der Waals surface area contributed by atoms with Gasteiger partial charge in [-0.3, -0.25) is 4.79 Å². The molecule has 0 bridgehead atoms. The summed E-state index contributed by atoms with van der Waals surface area (Å²) in [6.45, 7) is 13.4. The van der Waals surface area contributed by atoms with Crippen molar-refractivity contribution in [3.05, 3.63) is 0 Å². The van der Waals surface area contributed by atoms with Crippen LogP contribution in [0.1, 0.15) is 48.5 Å². The van der Waals surface area contributed by atoms with Crippen LogP contribution in [-0.2, 0) is 4.79 Å². The van der Waals surface area contributed by atoms with E-state index in [1.165, 1.54) is 0 Å². The van der Waals surface area contributed by atoms with Crippen molar-refractivity contribution in [1.82, 2.24) is 0 Å². The van der Waals surface area contributed by atoms with Crippen molar-refractivity contribution in [3.8, 4) is 0 Å². The van der Waals surface area contributed by atoms with E-state index in [0.29, 0.717) is 0 Å². The van der Waals surface area contributed by atoms with E-state index in [2.05, 4.69) is 0 Å². The molecule has 0 rings (SSSR count). The molecule has 0 unspecified atom stereocenters. The van der Waals surface area contributed by atoms with Crippen LogP contribution in [0.4, 0.5) is 0 Å². The zero-order valence-electron chi connectivity index (χ0n) is 10.6. The molecule has 1 N–H and O–H groups in total. The fourth-order valence-electron chi connectivity index (χ4n) is 1.48. The monoisotopic (exact) mass is 200 g/mol. The molecule has 1 atom stereocenters. The topological polar surface area (TPSA) is 37.3 Å². The van der Waals surface area contributed by atoms with Gasteiger partial charge in [-0.1, -0.05) is 41.5 Å². The van der Waals surface area contributed by atoms with Crippen LogP contribution in [0, 0.1) is 16.2 Å². The van der Waals surface area contributed by atoms with Crippen LogP contribution in [0.25, 0.3) is 0 Å². The van der Waals surface area contributed by atoms with Crippen LogP contribution in [0.3, 0.4) is 0 Å². The van der Waals surface area contributed by atoms with Gasteiger partial charge in [-0.2, -0.15) is 0 Å². The van der Waals surface area contributed by atoms with Crippen LogP contribution in [0.15, 0.2) is 0 Å². The van der Waals surface area contributed by atoms with Gasteiger partial charge in [0, 0.05) is 5.41 Å². The van der Waals surface area contributed by atoms with Crippen molar-refractivity contribution in [2.24, 2.45) is 16.2 Å². The quantitative estimate of drug-likeness (QED) is 0.744. The van der Waals surface area contributed by atoms with Gasteiger partial charge in [0.1, 0.15) is 5.78 Å². The number of ketones is 1. The standard InChI is InChI=1S/C12H24O2/c1-10(2,3)9(14)12(7,8-13)11(4,5)6/h13H,8H2,1-7H3/t12-/m0/s1. The average Bonchev–Trinajstić information content (AvgIpc) is 1.97. The average molecular weight is 200 g/mol. The molecule has 0 aliphatic carbocycles. The van der Waals surface area contributed by atoms with E-state index < -0.39 is 10.8 Å². The number of hydrogen-bond donors (Lipinski definition) is 1. The normalized spacial score (nSPS) is 17.7. The Balaban J connectivity index is 5.19. The van der Waals surface area contributed by atoms with E-state index >= 15 is 0 Å². The highest BCUT2D eigenvalue weighted by Gasteiger charge is 2.47. The first-order chi connectivity index (χ1) is 5.97. The number of hydrogen-bond acceptors (Lipinski definition) is 2. The van der Waals surface area contributed by atoms with Crippen molar-refractivity contribution < 1.29 is 9.90 Å². The minimum atomic E-state index is -0.661. The molecule has 0 radical (unpaired) electrons. The molecule has 0 aliphatic heterocycles. The van der Waals surface area contributed by atoms with Crippen molar-refractivity contribution in [3.63, 3.8) is 0 Å². The molecule has 0 aromatic heterocycles. The first kappa shape index (κ1) is 13.6. The lowest BCUT2D eigenvalue weighted by atomic mass is 9.61. The number of Topliss-reactive ketones (excluding diaryl/α,β-unsaturated/α-hetero) is 1. The summed E-state index contributed by atoms with van der Waals surface area (Å²) in [7, 11) is 0. The Morgan fingerprint density at radius 2 is 1.36 bits per heavy atom. The number of carbonyl (C=O) groups excluding carboxylic acids is 1. The molecule has 0 aliphatic rings. The van der Waals surface area contributed by atoms with Crippen molar-refractivity contribution in [2.45, 2.75) is 48.5 Å². The summed E-state index contributed by atoms with van der Waals surface area (Å²) >= 11 is 0. The molecular weight excluding hydrogens is 176 g/mol. The third kappa shape index (κ3) is 2.35. The summed E-state index contributed by atoms with van der Waals surface area (Å²) < 4.78 is 0. The Hall–Kier alpha value is -0.370. The van der Waals surface area contributed by atoms with Gasteiger partial charge in [-0.25, -0.2) is 0 Å². The predicted molar refractivity (Wildman–Crippen MR) is 59.1 cm³/mol. The van der Waals surface area contributed by atoms with E-state index in [9.17, 15) is 9.90 Å². The summed E-state index contributed by atoms with van der Waals surface area (Å²) in [5.74, 6) is 0.125. The number of aliphatic hydroxyl groups is 1. The second kappa shape index (κ2) is 3.65. The molecule has 0 spiro atoms. The molecular formula is C12H24O2. The molecule has 0 aromatic rings. The first-order valence-corrected chi connectivity index (χ1v) is 5.12. The molecule has 0 saturated heterocycles. The minimum Gasteiger partial charge on any atom is -0.395 e. The largest absolute Gasteiger partial charge is 0.395 e. The molecule has 14 heavy (non-hydrogen) atoms. The van der Waals surface area contributed by atoms with E-state index in [0.717, 1.165) is 0 Å². The summed E-state index contributed by atoms with van der Waals surface area (Å²) in [5, 5.41) is 9.43. The van der Waals surface area contributed by atoms with Gasteiger partial charge < -0.3 is 5.11 Å². The summed E-state index contributed by atoms with van der Waals surface area (Å²) in [6, 6.07) is 0. The number of carbonyl (C=O) groups is 1. The van der Waals surface area contributed by atoms with E-state index in [1.54, 1.807) is 0 Å². The van der Waals surface area contributed by atoms with E-state index in [4.69, 9.17) is 0 Å². The van der Waals surface area contributed by atoms with Crippen molar-refractivity contribution in [2.75, 3.05) is 6.61 Å². The molecule has 0 heterocycles. The summed E-state index contributed by atoms with van der Waals surface area (Å²) in [4.78, 5) is 12.2. The maximum absolute atomic E-state index is 12.2. The van der Waals surface area contributed by atoms with Crippen molar-refractivity contribution >= 4 is 5.78 Å². The van der Waals surface area contributed by atoms with E-state index in [-0.39, 0.29) is 17.8 Å². The maximum atomic E-state index is 12.2. The maximum Gasteiger partial charge on any atom is 0.146 e. The van der Waals surface area contributed by atoms with Crippen LogP contribution in [0.5, 0.6) is 0 Å². The first-order valence-electron chi connectivity index (χ1n) is 5.12. The molecule has 0 fully saturated rings. The Bertz CT molecular complexity index is 217. The van der Waals surface area contributed by atoms with Gasteiger partial charge in [0.15, 0.2) is 0 Å². The fraction of sp³-hybridized carbons (Fsp3) is 0.917. The highest BCUT2D eigenvalue weighted by Crippen LogP contribution is 2.43. The second-order valence-electron chi connectivity index (χ2n) is 6.32. The third-order valence-corrected chi connectivity index (χ3v) is 3.15. The predicted octanol–water partition coefficient (Wildman–Crippen LogP) is 2.65.